The second-order valence-electron chi connectivity index (χ2n) is 4.93. The van der Waals surface area contributed by atoms with Crippen molar-refractivity contribution >= 4 is 32.6 Å². The minimum atomic E-state index is -4.03. The second kappa shape index (κ2) is 5.97. The quantitative estimate of drug-likeness (QED) is 0.674. The number of sulfonamides is 1. The number of benzene rings is 1. The van der Waals surface area contributed by atoms with E-state index in [-0.39, 0.29) is 10.7 Å². The second-order valence-corrected chi connectivity index (χ2v) is 6.87. The van der Waals surface area contributed by atoms with Gasteiger partial charge in [0.1, 0.15) is 4.90 Å². The number of fused-ring (bicyclic) bond motifs is 1. The van der Waals surface area contributed by atoms with Crippen LogP contribution in [-0.4, -0.2) is 33.5 Å². The van der Waals surface area contributed by atoms with E-state index in [2.05, 4.69) is 9.72 Å². The fourth-order valence-electron chi connectivity index (χ4n) is 2.36. The van der Waals surface area contributed by atoms with E-state index in [1.165, 1.54) is 13.1 Å². The van der Waals surface area contributed by atoms with E-state index in [1.54, 1.807) is 24.4 Å². The number of methoxy groups -OCH3 is 1. The Morgan fingerprint density at radius 2 is 1.96 bits per heavy atom. The molecule has 1 aromatic carbocycles. The summed E-state index contributed by atoms with van der Waals surface area (Å²) in [7, 11) is -1.48. The molecule has 0 spiro atoms. The number of anilines is 1. The van der Waals surface area contributed by atoms with Crippen LogP contribution in [0.4, 0.5) is 5.69 Å². The summed E-state index contributed by atoms with van der Waals surface area (Å²) in [6, 6.07) is 10.0. The summed E-state index contributed by atoms with van der Waals surface area (Å²) in [5, 5.41) is 0.803. The molecule has 2 heterocycles. The highest BCUT2D eigenvalue weighted by molar-refractivity contribution is 7.92. The first-order chi connectivity index (χ1) is 11.5. The minimum absolute atomic E-state index is 0.259. The molecule has 0 fully saturated rings. The zero-order valence-corrected chi connectivity index (χ0v) is 13.8. The summed E-state index contributed by atoms with van der Waals surface area (Å²) in [4.78, 5) is 15.7. The van der Waals surface area contributed by atoms with Gasteiger partial charge in [0, 0.05) is 18.6 Å². The molecule has 3 rings (SSSR count). The lowest BCUT2D eigenvalue weighted by atomic mass is 10.2. The van der Waals surface area contributed by atoms with Crippen LogP contribution >= 0.6 is 0 Å². The van der Waals surface area contributed by atoms with Gasteiger partial charge in [-0.2, -0.15) is 0 Å². The van der Waals surface area contributed by atoms with Crippen molar-refractivity contribution in [2.24, 2.45) is 0 Å². The fourth-order valence-corrected chi connectivity index (χ4v) is 3.66. The largest absolute Gasteiger partial charge is 0.463 e. The number of aromatic nitrogens is 1. The van der Waals surface area contributed by atoms with Crippen LogP contribution in [0.3, 0.4) is 0 Å². The minimum Gasteiger partial charge on any atom is -0.463 e. The number of carbonyl (C=O) groups is 1. The van der Waals surface area contributed by atoms with Crippen LogP contribution < -0.4 is 4.31 Å². The van der Waals surface area contributed by atoms with E-state index in [4.69, 9.17) is 4.42 Å². The lowest BCUT2D eigenvalue weighted by Gasteiger charge is -2.20. The Hall–Kier alpha value is -2.87. The van der Waals surface area contributed by atoms with Crippen LogP contribution in [0.2, 0.25) is 0 Å². The van der Waals surface area contributed by atoms with E-state index in [1.807, 2.05) is 12.1 Å². The number of hydrogen-bond donors (Lipinski definition) is 0. The van der Waals surface area contributed by atoms with E-state index in [0.29, 0.717) is 11.2 Å². The van der Waals surface area contributed by atoms with Crippen molar-refractivity contribution in [2.45, 2.75) is 4.90 Å². The summed E-state index contributed by atoms with van der Waals surface area (Å²) in [5.74, 6) is -1.22. The van der Waals surface area contributed by atoms with Gasteiger partial charge in [-0.25, -0.2) is 13.2 Å². The van der Waals surface area contributed by atoms with E-state index < -0.39 is 16.0 Å². The molecule has 0 N–H and O–H groups in total. The number of nitrogens with zero attached hydrogens (tertiary/aromatic N) is 2. The number of esters is 1. The standard InChI is InChI=1S/C16H14N2O5S/c1-18(12-7-3-5-11-6-4-9-17-14(11)12)24(20,21)13-8-10-23-15(13)16(19)22-2/h3-10H,1-2H3. The van der Waals surface area contributed by atoms with Crippen molar-refractivity contribution < 1.29 is 22.4 Å². The monoisotopic (exact) mass is 346 g/mol. The Labute approximate surface area is 138 Å². The molecular formula is C16H14N2O5S. The lowest BCUT2D eigenvalue weighted by molar-refractivity contribution is 0.0559. The molecule has 124 valence electrons. The predicted octanol–water partition coefficient (Wildman–Crippen LogP) is 2.44. The average molecular weight is 346 g/mol. The summed E-state index contributed by atoms with van der Waals surface area (Å²) < 4.78 is 36.4. The molecule has 0 aliphatic rings. The molecule has 0 unspecified atom stereocenters. The van der Waals surface area contributed by atoms with Gasteiger partial charge in [-0.3, -0.25) is 9.29 Å². The smallest absolute Gasteiger partial charge is 0.375 e. The summed E-state index contributed by atoms with van der Waals surface area (Å²) in [6.45, 7) is 0. The molecule has 8 heteroatoms. The fraction of sp³-hybridized carbons (Fsp3) is 0.125. The highest BCUT2D eigenvalue weighted by atomic mass is 32.2. The first kappa shape index (κ1) is 16.0. The van der Waals surface area contributed by atoms with Gasteiger partial charge < -0.3 is 9.15 Å². The summed E-state index contributed by atoms with van der Waals surface area (Å²) in [5.41, 5.74) is 0.930. The van der Waals surface area contributed by atoms with Crippen LogP contribution in [0.25, 0.3) is 10.9 Å². The topological polar surface area (TPSA) is 89.7 Å². The third-order valence-electron chi connectivity index (χ3n) is 3.59. The van der Waals surface area contributed by atoms with Crippen molar-refractivity contribution in [2.75, 3.05) is 18.5 Å². The maximum absolute atomic E-state index is 12.9. The molecule has 0 radical (unpaired) electrons. The molecule has 0 aliphatic carbocycles. The lowest BCUT2D eigenvalue weighted by Crippen LogP contribution is -2.28. The number of hydrogen-bond acceptors (Lipinski definition) is 6. The zero-order chi connectivity index (χ0) is 17.3. The van der Waals surface area contributed by atoms with Gasteiger partial charge in [-0.05, 0) is 18.2 Å². The molecular weight excluding hydrogens is 332 g/mol. The SMILES string of the molecule is COC(=O)c1occc1S(=O)(=O)N(C)c1cccc2cccnc12. The Kier molecular flexibility index (Phi) is 3.98. The van der Waals surface area contributed by atoms with Gasteiger partial charge in [-0.1, -0.05) is 18.2 Å². The Bertz CT molecular complexity index is 1000. The summed E-state index contributed by atoms with van der Waals surface area (Å²) in [6.07, 6.45) is 2.72. The number of furan rings is 1. The van der Waals surface area contributed by atoms with E-state index in [9.17, 15) is 13.2 Å². The first-order valence-electron chi connectivity index (χ1n) is 6.95. The van der Waals surface area contributed by atoms with Gasteiger partial charge in [-0.15, -0.1) is 0 Å². The highest BCUT2D eigenvalue weighted by Gasteiger charge is 2.31. The molecule has 0 saturated carbocycles. The number of rotatable bonds is 4. The summed E-state index contributed by atoms with van der Waals surface area (Å²) >= 11 is 0. The van der Waals surface area contributed by atoms with Crippen LogP contribution in [0.5, 0.6) is 0 Å². The van der Waals surface area contributed by atoms with E-state index in [0.717, 1.165) is 23.1 Å². The van der Waals surface area contributed by atoms with Crippen molar-refractivity contribution in [3.8, 4) is 0 Å². The number of carbonyl (C=O) groups excluding carboxylic acids is 1. The molecule has 7 nitrogen and oxygen atoms in total. The van der Waals surface area contributed by atoms with Crippen LogP contribution in [0.1, 0.15) is 10.6 Å². The molecule has 0 amide bonds. The zero-order valence-electron chi connectivity index (χ0n) is 13.0. The van der Waals surface area contributed by atoms with E-state index >= 15 is 0 Å². The van der Waals surface area contributed by atoms with Crippen molar-refractivity contribution in [3.05, 3.63) is 54.6 Å². The first-order valence-corrected chi connectivity index (χ1v) is 8.39. The molecule has 0 bridgehead atoms. The van der Waals surface area contributed by atoms with Crippen molar-refractivity contribution in [3.63, 3.8) is 0 Å². The van der Waals surface area contributed by atoms with Crippen LogP contribution in [0, 0.1) is 0 Å². The molecule has 0 saturated heterocycles. The van der Waals surface area contributed by atoms with Crippen molar-refractivity contribution in [1.29, 1.82) is 0 Å². The number of para-hydroxylation sites is 1. The number of ether oxygens (including phenoxy) is 1. The molecule has 2 aromatic heterocycles. The van der Waals surface area contributed by atoms with Gasteiger partial charge in [0.2, 0.25) is 5.76 Å². The van der Waals surface area contributed by atoms with Crippen LogP contribution in [-0.2, 0) is 14.8 Å². The van der Waals surface area contributed by atoms with Gasteiger partial charge in [0.25, 0.3) is 10.0 Å². The molecule has 0 aliphatic heterocycles. The Morgan fingerprint density at radius 1 is 1.21 bits per heavy atom. The molecule has 24 heavy (non-hydrogen) atoms. The third-order valence-corrected chi connectivity index (χ3v) is 5.38. The van der Waals surface area contributed by atoms with Gasteiger partial charge >= 0.3 is 5.97 Å². The maximum Gasteiger partial charge on any atom is 0.375 e. The number of pyridine rings is 1. The third kappa shape index (κ3) is 2.50. The van der Waals surface area contributed by atoms with Crippen LogP contribution in [0.15, 0.2) is 58.2 Å². The predicted molar refractivity (Wildman–Crippen MR) is 87.4 cm³/mol. The normalized spacial score (nSPS) is 11.4. The van der Waals surface area contributed by atoms with Gasteiger partial charge in [0.05, 0.1) is 24.6 Å². The Morgan fingerprint density at radius 3 is 2.71 bits per heavy atom. The van der Waals surface area contributed by atoms with Gasteiger partial charge in [0.15, 0.2) is 0 Å². The Balaban J connectivity index is 2.13. The average Bonchev–Trinajstić information content (AvgIpc) is 3.10. The maximum atomic E-state index is 12.9. The van der Waals surface area contributed by atoms with Crippen molar-refractivity contribution in [1.82, 2.24) is 4.98 Å². The molecule has 0 atom stereocenters. The highest BCUT2D eigenvalue weighted by Crippen LogP contribution is 2.30. The molecule has 3 aromatic rings.